The number of hydrogen-bond donors (Lipinski definition) is 0. The largest absolute Gasteiger partial charge is 0.364 e. The molecule has 0 N–H and O–H groups in total. The molecule has 2 aromatic rings. The Kier molecular flexibility index (Phi) is 5.48. The van der Waals surface area contributed by atoms with E-state index >= 15 is 0 Å². The van der Waals surface area contributed by atoms with E-state index in [9.17, 15) is 4.79 Å². The predicted octanol–water partition coefficient (Wildman–Crippen LogP) is 3.85. The molecule has 24 heavy (non-hydrogen) atoms. The van der Waals surface area contributed by atoms with Gasteiger partial charge in [0.05, 0.1) is 11.8 Å². The van der Waals surface area contributed by atoms with E-state index in [-0.39, 0.29) is 18.1 Å². The van der Waals surface area contributed by atoms with Crippen LogP contribution < -0.4 is 0 Å². The Morgan fingerprint density at radius 3 is 2.50 bits per heavy atom. The standard InChI is InChI=1S/C19H21ClN2O2/c1-14(23)22-12-9-17(10-13-22)24-19(18-4-2-3-11-21-18)15-5-7-16(20)8-6-15/h2-8,11,17,19H,9-10,12-13H2,1H3/t19-/m0/s1. The van der Waals surface area contributed by atoms with E-state index in [0.29, 0.717) is 5.02 Å². The summed E-state index contributed by atoms with van der Waals surface area (Å²) >= 11 is 6.01. The Labute approximate surface area is 147 Å². The normalized spacial score (nSPS) is 16.8. The van der Waals surface area contributed by atoms with Gasteiger partial charge in [-0.3, -0.25) is 9.78 Å². The number of carbonyl (C=O) groups excluding carboxylic acids is 1. The van der Waals surface area contributed by atoms with Crippen molar-refractivity contribution in [3.63, 3.8) is 0 Å². The summed E-state index contributed by atoms with van der Waals surface area (Å²) in [6, 6.07) is 13.5. The Hall–Kier alpha value is -1.91. The SMILES string of the molecule is CC(=O)N1CCC(O[C@@H](c2ccc(Cl)cc2)c2ccccn2)CC1. The van der Waals surface area contributed by atoms with Crippen molar-refractivity contribution in [2.75, 3.05) is 13.1 Å². The maximum absolute atomic E-state index is 11.5. The van der Waals surface area contributed by atoms with Crippen molar-refractivity contribution < 1.29 is 9.53 Å². The molecule has 0 unspecified atom stereocenters. The quantitative estimate of drug-likeness (QED) is 0.846. The molecule has 1 amide bonds. The molecule has 1 fully saturated rings. The average Bonchev–Trinajstić information content (AvgIpc) is 2.62. The molecule has 1 aliphatic heterocycles. The molecular formula is C19H21ClN2O2. The van der Waals surface area contributed by atoms with E-state index in [2.05, 4.69) is 4.98 Å². The molecule has 2 heterocycles. The third-order valence-electron chi connectivity index (χ3n) is 4.34. The Bertz CT molecular complexity index is 668. The van der Waals surface area contributed by atoms with Crippen LogP contribution in [0.2, 0.25) is 5.02 Å². The van der Waals surface area contributed by atoms with Crippen LogP contribution in [0.25, 0.3) is 0 Å². The fraction of sp³-hybridized carbons (Fsp3) is 0.368. The summed E-state index contributed by atoms with van der Waals surface area (Å²) in [5.74, 6) is 0.132. The first-order valence-corrected chi connectivity index (χ1v) is 8.58. The third kappa shape index (κ3) is 4.13. The molecule has 0 radical (unpaired) electrons. The first kappa shape index (κ1) is 16.9. The number of aromatic nitrogens is 1. The van der Waals surface area contributed by atoms with Gasteiger partial charge in [0, 0.05) is 31.2 Å². The summed E-state index contributed by atoms with van der Waals surface area (Å²) in [6.45, 7) is 3.11. The molecule has 1 aromatic carbocycles. The van der Waals surface area contributed by atoms with E-state index in [1.54, 1.807) is 13.1 Å². The van der Waals surface area contributed by atoms with E-state index in [0.717, 1.165) is 37.2 Å². The Morgan fingerprint density at radius 2 is 1.92 bits per heavy atom. The van der Waals surface area contributed by atoms with Crippen molar-refractivity contribution in [2.45, 2.75) is 32.0 Å². The number of nitrogens with zero attached hydrogens (tertiary/aromatic N) is 2. The van der Waals surface area contributed by atoms with Crippen LogP contribution in [0.3, 0.4) is 0 Å². The van der Waals surface area contributed by atoms with E-state index in [1.165, 1.54) is 0 Å². The second kappa shape index (κ2) is 7.77. The predicted molar refractivity (Wildman–Crippen MR) is 93.9 cm³/mol. The van der Waals surface area contributed by atoms with Gasteiger partial charge < -0.3 is 9.64 Å². The number of carbonyl (C=O) groups is 1. The zero-order chi connectivity index (χ0) is 16.9. The van der Waals surface area contributed by atoms with Crippen LogP contribution in [0.5, 0.6) is 0 Å². The number of halogens is 1. The minimum absolute atomic E-state index is 0.114. The molecule has 1 aromatic heterocycles. The van der Waals surface area contributed by atoms with Crippen LogP contribution in [0.15, 0.2) is 48.7 Å². The summed E-state index contributed by atoms with van der Waals surface area (Å²) < 4.78 is 6.39. The first-order valence-electron chi connectivity index (χ1n) is 8.21. The zero-order valence-corrected chi connectivity index (χ0v) is 14.4. The van der Waals surface area contributed by atoms with Crippen molar-refractivity contribution in [1.29, 1.82) is 0 Å². The Balaban J connectivity index is 1.76. The van der Waals surface area contributed by atoms with Gasteiger partial charge in [0.15, 0.2) is 0 Å². The second-order valence-electron chi connectivity index (χ2n) is 6.03. The number of piperidine rings is 1. The van der Waals surface area contributed by atoms with Crippen LogP contribution in [0.1, 0.15) is 37.1 Å². The number of hydrogen-bond acceptors (Lipinski definition) is 3. The van der Waals surface area contributed by atoms with E-state index in [4.69, 9.17) is 16.3 Å². The highest BCUT2D eigenvalue weighted by molar-refractivity contribution is 6.30. The monoisotopic (exact) mass is 344 g/mol. The smallest absolute Gasteiger partial charge is 0.219 e. The zero-order valence-electron chi connectivity index (χ0n) is 13.7. The highest BCUT2D eigenvalue weighted by Crippen LogP contribution is 2.29. The molecule has 126 valence electrons. The summed E-state index contributed by atoms with van der Waals surface area (Å²) in [5.41, 5.74) is 1.92. The molecule has 5 heteroatoms. The third-order valence-corrected chi connectivity index (χ3v) is 4.60. The molecule has 1 aliphatic rings. The maximum atomic E-state index is 11.5. The summed E-state index contributed by atoms with van der Waals surface area (Å²) in [6.07, 6.45) is 3.35. The molecule has 4 nitrogen and oxygen atoms in total. The minimum atomic E-state index is -0.225. The summed E-state index contributed by atoms with van der Waals surface area (Å²) in [5, 5.41) is 0.702. The number of benzene rings is 1. The van der Waals surface area contributed by atoms with Gasteiger partial charge in [-0.1, -0.05) is 29.8 Å². The number of amides is 1. The molecule has 0 aliphatic carbocycles. The minimum Gasteiger partial charge on any atom is -0.364 e. The van der Waals surface area contributed by atoms with Gasteiger partial charge in [0.1, 0.15) is 6.10 Å². The van der Waals surface area contributed by atoms with Gasteiger partial charge in [0.25, 0.3) is 0 Å². The van der Waals surface area contributed by atoms with Gasteiger partial charge in [0.2, 0.25) is 5.91 Å². The van der Waals surface area contributed by atoms with E-state index in [1.807, 2.05) is 47.4 Å². The summed E-state index contributed by atoms with van der Waals surface area (Å²) in [7, 11) is 0. The molecule has 1 atom stereocenters. The summed E-state index contributed by atoms with van der Waals surface area (Å²) in [4.78, 5) is 17.8. The molecular weight excluding hydrogens is 324 g/mol. The fourth-order valence-corrected chi connectivity index (χ4v) is 3.11. The number of rotatable bonds is 4. The lowest BCUT2D eigenvalue weighted by molar-refractivity contribution is -0.132. The van der Waals surface area contributed by atoms with Crippen LogP contribution in [0, 0.1) is 0 Å². The van der Waals surface area contributed by atoms with Crippen molar-refractivity contribution in [3.8, 4) is 0 Å². The van der Waals surface area contributed by atoms with Crippen molar-refractivity contribution >= 4 is 17.5 Å². The lowest BCUT2D eigenvalue weighted by atomic mass is 10.0. The van der Waals surface area contributed by atoms with Gasteiger partial charge in [-0.15, -0.1) is 0 Å². The molecule has 3 rings (SSSR count). The van der Waals surface area contributed by atoms with Gasteiger partial charge in [-0.05, 0) is 42.7 Å². The van der Waals surface area contributed by atoms with Crippen LogP contribution in [-0.4, -0.2) is 35.0 Å². The Morgan fingerprint density at radius 1 is 1.21 bits per heavy atom. The van der Waals surface area contributed by atoms with Gasteiger partial charge in [-0.25, -0.2) is 0 Å². The van der Waals surface area contributed by atoms with Gasteiger partial charge >= 0.3 is 0 Å². The second-order valence-corrected chi connectivity index (χ2v) is 6.46. The first-order chi connectivity index (χ1) is 11.6. The molecule has 1 saturated heterocycles. The highest BCUT2D eigenvalue weighted by Gasteiger charge is 2.26. The lowest BCUT2D eigenvalue weighted by Crippen LogP contribution is -2.40. The van der Waals surface area contributed by atoms with Crippen LogP contribution in [-0.2, 0) is 9.53 Å². The number of pyridine rings is 1. The average molecular weight is 345 g/mol. The highest BCUT2D eigenvalue weighted by atomic mass is 35.5. The molecule has 0 bridgehead atoms. The number of likely N-dealkylation sites (tertiary alicyclic amines) is 1. The maximum Gasteiger partial charge on any atom is 0.219 e. The lowest BCUT2D eigenvalue weighted by Gasteiger charge is -2.33. The molecule has 0 saturated carbocycles. The van der Waals surface area contributed by atoms with Crippen molar-refractivity contribution in [1.82, 2.24) is 9.88 Å². The van der Waals surface area contributed by atoms with E-state index < -0.39 is 0 Å². The molecule has 0 spiro atoms. The van der Waals surface area contributed by atoms with Gasteiger partial charge in [-0.2, -0.15) is 0 Å². The topological polar surface area (TPSA) is 42.4 Å². The fourth-order valence-electron chi connectivity index (χ4n) is 2.99. The van der Waals surface area contributed by atoms with Crippen LogP contribution >= 0.6 is 11.6 Å². The number of ether oxygens (including phenoxy) is 1. The van der Waals surface area contributed by atoms with Crippen molar-refractivity contribution in [2.24, 2.45) is 0 Å². The van der Waals surface area contributed by atoms with Crippen molar-refractivity contribution in [3.05, 3.63) is 64.9 Å². The van der Waals surface area contributed by atoms with Crippen LogP contribution in [0.4, 0.5) is 0 Å².